The lowest BCUT2D eigenvalue weighted by Gasteiger charge is -2.12. The minimum absolute atomic E-state index is 0.172. The average Bonchev–Trinajstić information content (AvgIpc) is 2.70. The third-order valence-corrected chi connectivity index (χ3v) is 4.18. The quantitative estimate of drug-likeness (QED) is 0.648. The largest absolute Gasteiger partial charge is 0.497 e. The van der Waals surface area contributed by atoms with Gasteiger partial charge in [0.2, 0.25) is 0 Å². The van der Waals surface area contributed by atoms with Gasteiger partial charge in [-0.1, -0.05) is 12.1 Å². The zero-order chi connectivity index (χ0) is 19.4. The fourth-order valence-electron chi connectivity index (χ4n) is 2.71. The highest BCUT2D eigenvalue weighted by Gasteiger charge is 2.15. The van der Waals surface area contributed by atoms with Crippen molar-refractivity contribution in [2.24, 2.45) is 0 Å². The molecule has 0 atom stereocenters. The number of hydrogen-bond acceptors (Lipinski definition) is 6. The van der Waals surface area contributed by atoms with Gasteiger partial charge < -0.3 is 19.9 Å². The summed E-state index contributed by atoms with van der Waals surface area (Å²) in [4.78, 5) is 16.0. The number of fused-ring (bicyclic) bond motifs is 1. The molecule has 3 rings (SSSR count). The highest BCUT2D eigenvalue weighted by molar-refractivity contribution is 5.95. The van der Waals surface area contributed by atoms with Crippen molar-refractivity contribution >= 4 is 22.7 Å². The summed E-state index contributed by atoms with van der Waals surface area (Å²) in [6, 6.07) is 11.7. The number of nitrogens with one attached hydrogen (secondary N) is 1. The van der Waals surface area contributed by atoms with Crippen molar-refractivity contribution in [2.45, 2.75) is 13.2 Å². The Morgan fingerprint density at radius 3 is 2.56 bits per heavy atom. The molecule has 0 aliphatic carbocycles. The second kappa shape index (κ2) is 8.01. The molecule has 0 spiro atoms. The van der Waals surface area contributed by atoms with Crippen LogP contribution in [0.2, 0.25) is 0 Å². The van der Waals surface area contributed by atoms with Crippen LogP contribution in [0.3, 0.4) is 0 Å². The van der Waals surface area contributed by atoms with E-state index >= 15 is 0 Å². The van der Waals surface area contributed by atoms with Gasteiger partial charge in [-0.2, -0.15) is 0 Å². The van der Waals surface area contributed by atoms with Crippen molar-refractivity contribution in [3.05, 3.63) is 65.0 Å². The van der Waals surface area contributed by atoms with Crippen molar-refractivity contribution in [1.82, 2.24) is 4.98 Å². The van der Waals surface area contributed by atoms with Crippen LogP contribution in [-0.4, -0.2) is 30.3 Å². The molecule has 2 aromatic carbocycles. The molecule has 0 fully saturated rings. The first-order valence-electron chi connectivity index (χ1n) is 8.25. The topological polar surface area (TPSA) is 80.7 Å². The van der Waals surface area contributed by atoms with Gasteiger partial charge in [-0.15, -0.1) is 0 Å². The van der Waals surface area contributed by atoms with Crippen LogP contribution in [0.25, 0.3) is 10.9 Å². The highest BCUT2D eigenvalue weighted by atomic mass is 19.1. The van der Waals surface area contributed by atoms with Gasteiger partial charge in [0.1, 0.15) is 17.4 Å². The minimum atomic E-state index is -0.762. The molecule has 0 aliphatic heterocycles. The average molecular weight is 370 g/mol. The number of aromatic nitrogens is 1. The van der Waals surface area contributed by atoms with Crippen LogP contribution in [0, 0.1) is 5.82 Å². The van der Waals surface area contributed by atoms with Crippen molar-refractivity contribution in [2.75, 3.05) is 19.5 Å². The summed E-state index contributed by atoms with van der Waals surface area (Å²) in [7, 11) is 2.79. The predicted octanol–water partition coefficient (Wildman–Crippen LogP) is 3.27. The van der Waals surface area contributed by atoms with E-state index in [-0.39, 0.29) is 12.2 Å². The number of carbonyl (C=O) groups is 1. The molecule has 1 heterocycles. The van der Waals surface area contributed by atoms with Crippen LogP contribution in [0.1, 0.15) is 21.5 Å². The molecule has 3 aromatic rings. The smallest absolute Gasteiger partial charge is 0.340 e. The molecule has 0 radical (unpaired) electrons. The first kappa shape index (κ1) is 18.6. The number of anilines is 1. The molecular weight excluding hydrogens is 351 g/mol. The van der Waals surface area contributed by atoms with Crippen molar-refractivity contribution in [1.29, 1.82) is 0 Å². The summed E-state index contributed by atoms with van der Waals surface area (Å²) in [5.41, 5.74) is 1.73. The molecule has 140 valence electrons. The van der Waals surface area contributed by atoms with Crippen molar-refractivity contribution in [3.63, 3.8) is 0 Å². The van der Waals surface area contributed by atoms with E-state index in [1.807, 2.05) is 24.3 Å². The number of aliphatic hydroxyl groups is 1. The number of methoxy groups -OCH3 is 2. The van der Waals surface area contributed by atoms with E-state index in [0.717, 1.165) is 11.3 Å². The number of halogens is 1. The van der Waals surface area contributed by atoms with Gasteiger partial charge in [-0.05, 0) is 29.8 Å². The Morgan fingerprint density at radius 2 is 1.93 bits per heavy atom. The standard InChI is InChI=1S/C20H19FN2O4/c1-26-15-5-3-12(4-6-15)10-22-19-14(11-24)7-13-8-16(20(25)27-2)17(21)9-18(13)23-19/h3-9,24H,10-11H2,1-2H3,(H,22,23). The Balaban J connectivity index is 1.91. The Kier molecular flexibility index (Phi) is 5.52. The lowest BCUT2D eigenvalue weighted by molar-refractivity contribution is 0.0595. The second-order valence-corrected chi connectivity index (χ2v) is 5.87. The Hall–Kier alpha value is -3.19. The van der Waals surface area contributed by atoms with Crippen molar-refractivity contribution in [3.8, 4) is 5.75 Å². The molecule has 0 bridgehead atoms. The van der Waals surface area contributed by atoms with E-state index < -0.39 is 11.8 Å². The van der Waals surface area contributed by atoms with Gasteiger partial charge in [0.05, 0.1) is 31.9 Å². The monoisotopic (exact) mass is 370 g/mol. The molecule has 0 unspecified atom stereocenters. The van der Waals surface area contributed by atoms with Crippen LogP contribution >= 0.6 is 0 Å². The zero-order valence-electron chi connectivity index (χ0n) is 15.0. The van der Waals surface area contributed by atoms with E-state index in [9.17, 15) is 14.3 Å². The Bertz CT molecular complexity index is 974. The lowest BCUT2D eigenvalue weighted by Crippen LogP contribution is -2.07. The summed E-state index contributed by atoms with van der Waals surface area (Å²) >= 11 is 0. The van der Waals surface area contributed by atoms with Gasteiger partial charge in [0.15, 0.2) is 0 Å². The fourth-order valence-corrected chi connectivity index (χ4v) is 2.71. The number of ether oxygens (including phenoxy) is 2. The summed E-state index contributed by atoms with van der Waals surface area (Å²) in [5, 5.41) is 13.4. The number of hydrogen-bond donors (Lipinski definition) is 2. The third-order valence-electron chi connectivity index (χ3n) is 4.18. The lowest BCUT2D eigenvalue weighted by atomic mass is 10.1. The number of carbonyl (C=O) groups excluding carboxylic acids is 1. The summed E-state index contributed by atoms with van der Waals surface area (Å²) in [6.07, 6.45) is 0. The zero-order valence-corrected chi connectivity index (χ0v) is 15.0. The van der Waals surface area contributed by atoms with Gasteiger partial charge in [0.25, 0.3) is 0 Å². The van der Waals surface area contributed by atoms with Gasteiger partial charge in [0, 0.05) is 23.6 Å². The highest BCUT2D eigenvalue weighted by Crippen LogP contribution is 2.24. The van der Waals surface area contributed by atoms with Gasteiger partial charge >= 0.3 is 5.97 Å². The molecule has 7 heteroatoms. The number of nitrogens with zero attached hydrogens (tertiary/aromatic N) is 1. The molecule has 1 aromatic heterocycles. The van der Waals surface area contributed by atoms with E-state index in [4.69, 9.17) is 4.74 Å². The maximum absolute atomic E-state index is 14.2. The summed E-state index contributed by atoms with van der Waals surface area (Å²) in [6.45, 7) is 0.219. The fraction of sp³-hybridized carbons (Fsp3) is 0.200. The van der Waals surface area contributed by atoms with E-state index in [1.165, 1.54) is 19.2 Å². The number of esters is 1. The first-order valence-corrected chi connectivity index (χ1v) is 8.25. The Morgan fingerprint density at radius 1 is 1.19 bits per heavy atom. The first-order chi connectivity index (χ1) is 13.0. The predicted molar refractivity (Wildman–Crippen MR) is 99.3 cm³/mol. The number of pyridine rings is 1. The van der Waals surface area contributed by atoms with Crippen molar-refractivity contribution < 1.29 is 23.8 Å². The van der Waals surface area contributed by atoms with E-state index in [1.54, 1.807) is 13.2 Å². The molecule has 2 N–H and O–H groups in total. The van der Waals surface area contributed by atoms with Crippen LogP contribution < -0.4 is 10.1 Å². The molecule has 0 aliphatic rings. The van der Waals surface area contributed by atoms with Crippen LogP contribution in [0.15, 0.2) is 42.5 Å². The summed E-state index contributed by atoms with van der Waals surface area (Å²) in [5.74, 6) is -0.261. The summed E-state index contributed by atoms with van der Waals surface area (Å²) < 4.78 is 23.9. The number of aliphatic hydroxyl groups excluding tert-OH is 1. The Labute approximate surface area is 155 Å². The van der Waals surface area contributed by atoms with Crippen LogP contribution in [-0.2, 0) is 17.9 Å². The third kappa shape index (κ3) is 3.98. The molecule has 0 saturated carbocycles. The normalized spacial score (nSPS) is 10.7. The van der Waals surface area contributed by atoms with Gasteiger partial charge in [-0.25, -0.2) is 14.2 Å². The van der Waals surface area contributed by atoms with Gasteiger partial charge in [-0.3, -0.25) is 0 Å². The molecule has 6 nitrogen and oxygen atoms in total. The SMILES string of the molecule is COC(=O)c1cc2cc(CO)c(NCc3ccc(OC)cc3)nc2cc1F. The molecular formula is C20H19FN2O4. The van der Waals surface area contributed by atoms with E-state index in [0.29, 0.717) is 28.8 Å². The van der Waals surface area contributed by atoms with Crippen LogP contribution in [0.5, 0.6) is 5.75 Å². The minimum Gasteiger partial charge on any atom is -0.497 e. The maximum Gasteiger partial charge on any atom is 0.340 e. The number of benzene rings is 2. The molecule has 27 heavy (non-hydrogen) atoms. The molecule has 0 saturated heterocycles. The maximum atomic E-state index is 14.2. The van der Waals surface area contributed by atoms with E-state index in [2.05, 4.69) is 15.0 Å². The number of rotatable bonds is 6. The molecule has 0 amide bonds. The second-order valence-electron chi connectivity index (χ2n) is 5.87. The van der Waals surface area contributed by atoms with Crippen LogP contribution in [0.4, 0.5) is 10.2 Å².